The van der Waals surface area contributed by atoms with E-state index < -0.39 is 0 Å². The molecule has 0 radical (unpaired) electrons. The van der Waals surface area contributed by atoms with Gasteiger partial charge < -0.3 is 14.7 Å². The van der Waals surface area contributed by atoms with Crippen LogP contribution in [0.25, 0.3) is 0 Å². The van der Waals surface area contributed by atoms with Crippen molar-refractivity contribution in [2.75, 3.05) is 44.2 Å². The second-order valence-corrected chi connectivity index (χ2v) is 6.50. The first-order valence-corrected chi connectivity index (χ1v) is 8.37. The molecular weight excluding hydrogens is 292 g/mol. The van der Waals surface area contributed by atoms with Crippen LogP contribution in [0, 0.1) is 5.92 Å². The highest BCUT2D eigenvalue weighted by Crippen LogP contribution is 2.22. The summed E-state index contributed by atoms with van der Waals surface area (Å²) in [7, 11) is 0. The molecule has 2 amide bonds. The Hall–Kier alpha value is -2.11. The van der Waals surface area contributed by atoms with Gasteiger partial charge in [0.1, 0.15) is 5.69 Å². The van der Waals surface area contributed by atoms with Crippen LogP contribution in [-0.2, 0) is 4.79 Å². The van der Waals surface area contributed by atoms with Crippen LogP contribution >= 0.6 is 0 Å². The fourth-order valence-electron chi connectivity index (χ4n) is 3.16. The van der Waals surface area contributed by atoms with E-state index in [2.05, 4.69) is 16.8 Å². The molecule has 0 N–H and O–H groups in total. The normalized spacial score (nSPS) is 19.8. The number of anilines is 1. The monoisotopic (exact) mass is 316 g/mol. The molecule has 3 rings (SSSR count). The summed E-state index contributed by atoms with van der Waals surface area (Å²) in [5.74, 6) is 0.749. The summed E-state index contributed by atoms with van der Waals surface area (Å²) in [4.78, 5) is 33.4. The lowest BCUT2D eigenvalue weighted by Gasteiger charge is -2.33. The van der Waals surface area contributed by atoms with Gasteiger partial charge in [0, 0.05) is 39.3 Å². The Labute approximate surface area is 137 Å². The summed E-state index contributed by atoms with van der Waals surface area (Å²) in [5, 5.41) is 0. The average Bonchev–Trinajstić information content (AvgIpc) is 2.62. The second-order valence-electron chi connectivity index (χ2n) is 6.50. The van der Waals surface area contributed by atoms with Crippen LogP contribution in [0.1, 0.15) is 30.3 Å². The molecule has 124 valence electrons. The van der Waals surface area contributed by atoms with Gasteiger partial charge in [-0.2, -0.15) is 0 Å². The maximum absolute atomic E-state index is 12.5. The molecule has 0 aliphatic carbocycles. The first-order chi connectivity index (χ1) is 11.2. The van der Waals surface area contributed by atoms with E-state index in [4.69, 9.17) is 0 Å². The van der Waals surface area contributed by atoms with E-state index in [9.17, 15) is 9.59 Å². The Morgan fingerprint density at radius 1 is 1.13 bits per heavy atom. The van der Waals surface area contributed by atoms with E-state index in [1.807, 2.05) is 18.3 Å². The molecule has 23 heavy (non-hydrogen) atoms. The van der Waals surface area contributed by atoms with Gasteiger partial charge in [0.2, 0.25) is 6.41 Å². The fourth-order valence-corrected chi connectivity index (χ4v) is 3.16. The van der Waals surface area contributed by atoms with E-state index in [-0.39, 0.29) is 5.91 Å². The van der Waals surface area contributed by atoms with Gasteiger partial charge in [-0.1, -0.05) is 6.92 Å². The van der Waals surface area contributed by atoms with E-state index in [0.29, 0.717) is 31.9 Å². The molecule has 0 aromatic carbocycles. The molecule has 1 aromatic rings. The van der Waals surface area contributed by atoms with Gasteiger partial charge in [0.15, 0.2) is 0 Å². The van der Waals surface area contributed by atoms with Crippen molar-refractivity contribution in [1.82, 2.24) is 14.8 Å². The maximum Gasteiger partial charge on any atom is 0.272 e. The van der Waals surface area contributed by atoms with E-state index in [1.165, 1.54) is 12.8 Å². The third-order valence-corrected chi connectivity index (χ3v) is 4.87. The highest BCUT2D eigenvalue weighted by atomic mass is 16.2. The zero-order valence-corrected chi connectivity index (χ0v) is 13.6. The topological polar surface area (TPSA) is 56.8 Å². The molecule has 2 aliphatic rings. The minimum absolute atomic E-state index is 0.0469. The van der Waals surface area contributed by atoms with Gasteiger partial charge in [0.05, 0.1) is 11.9 Å². The second kappa shape index (κ2) is 6.98. The maximum atomic E-state index is 12.5. The first-order valence-electron chi connectivity index (χ1n) is 8.37. The SMILES string of the molecule is CC1CCN(c2ccc(C(=O)N3CCN(C=O)CC3)nc2)CC1. The summed E-state index contributed by atoms with van der Waals surface area (Å²) in [5.41, 5.74) is 1.58. The van der Waals surface area contributed by atoms with Gasteiger partial charge in [-0.25, -0.2) is 4.98 Å². The molecule has 1 aromatic heterocycles. The number of piperidine rings is 1. The number of rotatable bonds is 3. The van der Waals surface area contributed by atoms with Gasteiger partial charge in [0.25, 0.3) is 5.91 Å². The zero-order chi connectivity index (χ0) is 16.2. The summed E-state index contributed by atoms with van der Waals surface area (Å²) in [6.07, 6.45) is 5.07. The molecular formula is C17H24N4O2. The van der Waals surface area contributed by atoms with Gasteiger partial charge in [-0.15, -0.1) is 0 Å². The molecule has 2 saturated heterocycles. The smallest absolute Gasteiger partial charge is 0.272 e. The first kappa shape index (κ1) is 15.8. The van der Waals surface area contributed by atoms with Crippen molar-refractivity contribution in [3.05, 3.63) is 24.0 Å². The lowest BCUT2D eigenvalue weighted by molar-refractivity contribution is -0.119. The summed E-state index contributed by atoms with van der Waals surface area (Å²) in [6.45, 7) is 6.75. The predicted molar refractivity (Wildman–Crippen MR) is 88.4 cm³/mol. The number of carbonyl (C=O) groups excluding carboxylic acids is 2. The summed E-state index contributed by atoms with van der Waals surface area (Å²) < 4.78 is 0. The molecule has 0 unspecified atom stereocenters. The summed E-state index contributed by atoms with van der Waals surface area (Å²) >= 11 is 0. The van der Waals surface area contributed by atoms with E-state index in [1.54, 1.807) is 9.80 Å². The lowest BCUT2D eigenvalue weighted by atomic mass is 9.99. The number of nitrogens with zero attached hydrogens (tertiary/aromatic N) is 4. The Kier molecular flexibility index (Phi) is 4.79. The Morgan fingerprint density at radius 3 is 2.39 bits per heavy atom. The van der Waals surface area contributed by atoms with Crippen molar-refractivity contribution in [3.63, 3.8) is 0 Å². The molecule has 6 heteroatoms. The molecule has 0 bridgehead atoms. The highest BCUT2D eigenvalue weighted by Gasteiger charge is 2.22. The number of hydrogen-bond donors (Lipinski definition) is 0. The minimum Gasteiger partial charge on any atom is -0.370 e. The van der Waals surface area contributed by atoms with E-state index in [0.717, 1.165) is 31.1 Å². The van der Waals surface area contributed by atoms with Crippen LogP contribution in [0.5, 0.6) is 0 Å². The molecule has 6 nitrogen and oxygen atoms in total. The fraction of sp³-hybridized carbons (Fsp3) is 0.588. The largest absolute Gasteiger partial charge is 0.370 e. The van der Waals surface area contributed by atoms with Gasteiger partial charge in [-0.05, 0) is 30.9 Å². The number of carbonyl (C=O) groups is 2. The number of piperazine rings is 1. The average molecular weight is 316 g/mol. The Balaban J connectivity index is 1.60. The number of hydrogen-bond acceptors (Lipinski definition) is 4. The highest BCUT2D eigenvalue weighted by molar-refractivity contribution is 5.92. The van der Waals surface area contributed by atoms with Crippen LogP contribution in [-0.4, -0.2) is 66.4 Å². The van der Waals surface area contributed by atoms with Crippen LogP contribution < -0.4 is 4.90 Å². The van der Waals surface area contributed by atoms with Gasteiger partial charge >= 0.3 is 0 Å². The standard InChI is InChI=1S/C17H24N4O2/c1-14-4-6-20(7-5-14)15-2-3-16(18-12-15)17(23)21-10-8-19(13-22)9-11-21/h2-3,12-14H,4-11H2,1H3. The Morgan fingerprint density at radius 2 is 1.83 bits per heavy atom. The third kappa shape index (κ3) is 3.63. The van der Waals surface area contributed by atoms with Crippen molar-refractivity contribution in [2.45, 2.75) is 19.8 Å². The van der Waals surface area contributed by atoms with Crippen LogP contribution in [0.15, 0.2) is 18.3 Å². The molecule has 3 heterocycles. The Bertz CT molecular complexity index is 544. The van der Waals surface area contributed by atoms with Crippen LogP contribution in [0.4, 0.5) is 5.69 Å². The predicted octanol–water partition coefficient (Wildman–Crippen LogP) is 1.23. The number of pyridine rings is 1. The minimum atomic E-state index is -0.0469. The van der Waals surface area contributed by atoms with Crippen LogP contribution in [0.2, 0.25) is 0 Å². The van der Waals surface area contributed by atoms with Crippen molar-refractivity contribution >= 4 is 18.0 Å². The molecule has 0 atom stereocenters. The lowest BCUT2D eigenvalue weighted by Crippen LogP contribution is -2.48. The van der Waals surface area contributed by atoms with Gasteiger partial charge in [-0.3, -0.25) is 9.59 Å². The molecule has 2 aliphatic heterocycles. The summed E-state index contributed by atoms with van der Waals surface area (Å²) in [6, 6.07) is 3.82. The molecule has 2 fully saturated rings. The molecule has 0 saturated carbocycles. The zero-order valence-electron chi connectivity index (χ0n) is 13.6. The number of amides is 2. The molecule has 0 spiro atoms. The quantitative estimate of drug-likeness (QED) is 0.787. The number of aromatic nitrogens is 1. The van der Waals surface area contributed by atoms with Crippen molar-refractivity contribution in [3.8, 4) is 0 Å². The third-order valence-electron chi connectivity index (χ3n) is 4.87. The van der Waals surface area contributed by atoms with Crippen molar-refractivity contribution in [2.24, 2.45) is 5.92 Å². The van der Waals surface area contributed by atoms with Crippen molar-refractivity contribution < 1.29 is 9.59 Å². The van der Waals surface area contributed by atoms with Crippen molar-refractivity contribution in [1.29, 1.82) is 0 Å². The van der Waals surface area contributed by atoms with Crippen LogP contribution in [0.3, 0.4) is 0 Å². The van der Waals surface area contributed by atoms with E-state index >= 15 is 0 Å².